The van der Waals surface area contributed by atoms with E-state index in [-0.39, 0.29) is 12.4 Å². The Morgan fingerprint density at radius 3 is 1.84 bits per heavy atom. The molecule has 6 nitrogen and oxygen atoms in total. The molecule has 4 rings (SSSR count). The Kier molecular flexibility index (Phi) is 15.7. The van der Waals surface area contributed by atoms with Gasteiger partial charge in [-0.25, -0.2) is 0 Å². The molecule has 37 heavy (non-hydrogen) atoms. The molecule has 0 radical (unpaired) electrons. The predicted molar refractivity (Wildman–Crippen MR) is 162 cm³/mol. The van der Waals surface area contributed by atoms with Gasteiger partial charge in [0.1, 0.15) is 11.5 Å². The van der Waals surface area contributed by atoms with Crippen LogP contribution in [-0.2, 0) is 0 Å². The minimum Gasteiger partial charge on any atom is -0.508 e. The summed E-state index contributed by atoms with van der Waals surface area (Å²) in [5, 5.41) is 29.2. The highest BCUT2D eigenvalue weighted by Gasteiger charge is 2.00. The van der Waals surface area contributed by atoms with E-state index in [1.807, 2.05) is 30.3 Å². The number of aromatic hydroxyl groups is 1. The zero-order chi connectivity index (χ0) is 26.9. The van der Waals surface area contributed by atoms with E-state index in [2.05, 4.69) is 57.8 Å². The van der Waals surface area contributed by atoms with E-state index in [4.69, 9.17) is 14.9 Å². The molecule has 2 heterocycles. The van der Waals surface area contributed by atoms with Crippen molar-refractivity contribution in [2.45, 2.75) is 38.5 Å². The largest absolute Gasteiger partial charge is 0.508 e. The Bertz CT molecular complexity index is 1170. The number of aliphatic hydroxyl groups is 2. The number of unbranched alkanes of at least 4 members (excludes halogenated alkanes) is 4. The van der Waals surface area contributed by atoms with Crippen LogP contribution in [0.3, 0.4) is 0 Å². The minimum absolute atomic E-state index is 0.260. The molecule has 0 saturated carbocycles. The smallest absolute Gasteiger partial charge is 0.120 e. The van der Waals surface area contributed by atoms with Crippen molar-refractivity contribution in [3.8, 4) is 11.5 Å². The molecule has 3 N–H and O–H groups in total. The van der Waals surface area contributed by atoms with Crippen LogP contribution in [-0.4, -0.2) is 50.4 Å². The minimum atomic E-state index is 0.260. The first-order chi connectivity index (χ1) is 18.0. The molecule has 0 atom stereocenters. The van der Waals surface area contributed by atoms with E-state index >= 15 is 0 Å². The number of fused-ring (bicyclic) bond motifs is 2. The summed E-state index contributed by atoms with van der Waals surface area (Å²) in [6.45, 7) is 1.29. The number of pyridine rings is 2. The summed E-state index contributed by atoms with van der Waals surface area (Å²) in [5.41, 5.74) is 1.85. The van der Waals surface area contributed by atoms with Crippen molar-refractivity contribution < 1.29 is 20.1 Å². The number of rotatable bonds is 10. The van der Waals surface area contributed by atoms with E-state index in [0.29, 0.717) is 13.2 Å². The fourth-order valence-corrected chi connectivity index (χ4v) is 4.32. The fraction of sp³-hybridized carbons (Fsp3) is 0.357. The summed E-state index contributed by atoms with van der Waals surface area (Å²) in [5.74, 6) is 1.13. The monoisotopic (exact) mass is 698 g/mol. The van der Waals surface area contributed by atoms with Gasteiger partial charge >= 0.3 is 0 Å². The first kappa shape index (κ1) is 31.4. The first-order valence-electron chi connectivity index (χ1n) is 12.2. The van der Waals surface area contributed by atoms with E-state index in [1.54, 1.807) is 30.6 Å². The summed E-state index contributed by atoms with van der Waals surface area (Å²) in [4.78, 5) is 8.48. The van der Waals surface area contributed by atoms with E-state index in [1.165, 1.54) is 6.42 Å². The van der Waals surface area contributed by atoms with Gasteiger partial charge in [0.2, 0.25) is 0 Å². The van der Waals surface area contributed by atoms with Gasteiger partial charge in [-0.1, -0.05) is 22.4 Å². The van der Waals surface area contributed by atoms with Crippen molar-refractivity contribution in [2.24, 2.45) is 0 Å². The SMILES string of the molecule is OCCCCCBr.OCCCCCOc1ccc2ncc(Br)cc2c1.Oc1ccc2ncc(Br)cc2c1. The van der Waals surface area contributed by atoms with Crippen molar-refractivity contribution in [3.63, 3.8) is 0 Å². The second kappa shape index (κ2) is 18.5. The maximum atomic E-state index is 9.18. The van der Waals surface area contributed by atoms with E-state index in [0.717, 1.165) is 73.9 Å². The standard InChI is InChI=1S/C14H16BrNO2.C9H6BrNO.C5H11BrO/c15-12-8-11-9-13(4-5-14(11)16-10-12)18-7-3-1-2-6-17;10-7-3-6-4-8(12)1-2-9(6)11-5-7;6-4-2-1-3-5-7/h4-5,8-10,17H,1-3,6-7H2;1-5,12H;7H,1-5H2. The number of nitrogens with zero attached hydrogens (tertiary/aromatic N) is 2. The average molecular weight is 701 g/mol. The number of halogens is 3. The van der Waals surface area contributed by atoms with Crippen molar-refractivity contribution in [3.05, 3.63) is 69.9 Å². The summed E-state index contributed by atoms with van der Waals surface area (Å²) < 4.78 is 7.56. The van der Waals surface area contributed by atoms with Gasteiger partial charge in [0.05, 0.1) is 17.6 Å². The third-order valence-electron chi connectivity index (χ3n) is 5.11. The molecule has 0 amide bonds. The lowest BCUT2D eigenvalue weighted by Gasteiger charge is -2.07. The number of aromatic nitrogens is 2. The molecule has 0 aliphatic heterocycles. The van der Waals surface area contributed by atoms with Crippen molar-refractivity contribution in [2.75, 3.05) is 25.2 Å². The van der Waals surface area contributed by atoms with Crippen LogP contribution in [0.25, 0.3) is 21.8 Å². The van der Waals surface area contributed by atoms with Gasteiger partial charge in [-0.05, 0) is 112 Å². The van der Waals surface area contributed by atoms with Crippen LogP contribution in [0.1, 0.15) is 38.5 Å². The Morgan fingerprint density at radius 2 is 1.24 bits per heavy atom. The Hall–Kier alpha value is -1.78. The normalized spacial score (nSPS) is 10.4. The van der Waals surface area contributed by atoms with Crippen LogP contribution in [0.2, 0.25) is 0 Å². The van der Waals surface area contributed by atoms with Crippen LogP contribution < -0.4 is 4.74 Å². The highest BCUT2D eigenvalue weighted by molar-refractivity contribution is 9.10. The van der Waals surface area contributed by atoms with Gasteiger partial charge in [-0.3, -0.25) is 9.97 Å². The predicted octanol–water partition coefficient (Wildman–Crippen LogP) is 7.79. The molecule has 0 saturated heterocycles. The maximum Gasteiger partial charge on any atom is 0.120 e. The number of phenolic OH excluding ortho intramolecular Hbond substituents is 1. The van der Waals surface area contributed by atoms with E-state index in [9.17, 15) is 5.11 Å². The third kappa shape index (κ3) is 12.5. The molecular formula is C28H33Br3N2O4. The molecule has 2 aromatic heterocycles. The summed E-state index contributed by atoms with van der Waals surface area (Å²) in [7, 11) is 0. The highest BCUT2D eigenvalue weighted by atomic mass is 79.9. The fourth-order valence-electron chi connectivity index (χ4n) is 3.23. The molecule has 4 aromatic rings. The first-order valence-corrected chi connectivity index (χ1v) is 14.9. The number of aliphatic hydroxyl groups excluding tert-OH is 2. The maximum absolute atomic E-state index is 9.18. The number of phenols is 1. The number of hydrogen-bond donors (Lipinski definition) is 3. The Morgan fingerprint density at radius 1 is 0.676 bits per heavy atom. The van der Waals surface area contributed by atoms with Crippen molar-refractivity contribution in [1.29, 1.82) is 0 Å². The molecule has 0 aliphatic rings. The number of ether oxygens (including phenoxy) is 1. The quantitative estimate of drug-likeness (QED) is 0.116. The molecule has 0 unspecified atom stereocenters. The molecule has 0 spiro atoms. The summed E-state index contributed by atoms with van der Waals surface area (Å²) >= 11 is 10.0. The van der Waals surface area contributed by atoms with Gasteiger partial charge in [0.25, 0.3) is 0 Å². The molecule has 0 aliphatic carbocycles. The van der Waals surface area contributed by atoms with Gasteiger partial charge in [0, 0.05) is 50.7 Å². The van der Waals surface area contributed by atoms with Crippen LogP contribution in [0.4, 0.5) is 0 Å². The number of benzene rings is 2. The lowest BCUT2D eigenvalue weighted by molar-refractivity contribution is 0.266. The van der Waals surface area contributed by atoms with Crippen LogP contribution in [0.15, 0.2) is 69.9 Å². The lowest BCUT2D eigenvalue weighted by atomic mass is 10.2. The third-order valence-corrected chi connectivity index (χ3v) is 6.54. The second-order valence-corrected chi connectivity index (χ2v) is 10.8. The molecule has 0 bridgehead atoms. The Labute approximate surface area is 243 Å². The van der Waals surface area contributed by atoms with Crippen LogP contribution >= 0.6 is 47.8 Å². The van der Waals surface area contributed by atoms with Crippen molar-refractivity contribution in [1.82, 2.24) is 9.97 Å². The van der Waals surface area contributed by atoms with Gasteiger partial charge in [-0.2, -0.15) is 0 Å². The second-order valence-electron chi connectivity index (χ2n) is 8.14. The van der Waals surface area contributed by atoms with Crippen LogP contribution in [0, 0.1) is 0 Å². The molecule has 2 aromatic carbocycles. The van der Waals surface area contributed by atoms with Crippen LogP contribution in [0.5, 0.6) is 11.5 Å². The van der Waals surface area contributed by atoms with Gasteiger partial charge < -0.3 is 20.1 Å². The highest BCUT2D eigenvalue weighted by Crippen LogP contribution is 2.23. The zero-order valence-corrected chi connectivity index (χ0v) is 25.4. The molecule has 0 fully saturated rings. The molecule has 200 valence electrons. The Balaban J connectivity index is 0.000000218. The average Bonchev–Trinajstić information content (AvgIpc) is 2.89. The lowest BCUT2D eigenvalue weighted by Crippen LogP contribution is -1.98. The zero-order valence-electron chi connectivity index (χ0n) is 20.6. The summed E-state index contributed by atoms with van der Waals surface area (Å²) in [6.07, 6.45) is 9.61. The van der Waals surface area contributed by atoms with Gasteiger partial charge in [-0.15, -0.1) is 0 Å². The molecular weight excluding hydrogens is 668 g/mol. The topological polar surface area (TPSA) is 95.7 Å². The number of alkyl halides is 1. The van der Waals surface area contributed by atoms with Crippen molar-refractivity contribution >= 4 is 69.6 Å². The van der Waals surface area contributed by atoms with Gasteiger partial charge in [0.15, 0.2) is 0 Å². The number of hydrogen-bond acceptors (Lipinski definition) is 6. The molecule has 9 heteroatoms. The van der Waals surface area contributed by atoms with E-state index < -0.39 is 0 Å². The summed E-state index contributed by atoms with van der Waals surface area (Å²) in [6, 6.07) is 15.0.